The van der Waals surface area contributed by atoms with Gasteiger partial charge in [0.05, 0.1) is 18.2 Å². The summed E-state index contributed by atoms with van der Waals surface area (Å²) >= 11 is 1.12. The van der Waals surface area contributed by atoms with Gasteiger partial charge in [-0.3, -0.25) is 9.59 Å². The quantitative estimate of drug-likeness (QED) is 0.648. The fraction of sp³-hybridized carbons (Fsp3) is 0.250. The van der Waals surface area contributed by atoms with Gasteiger partial charge in [0.1, 0.15) is 10.7 Å². The van der Waals surface area contributed by atoms with Crippen molar-refractivity contribution in [1.29, 1.82) is 0 Å². The van der Waals surface area contributed by atoms with Gasteiger partial charge in [0.2, 0.25) is 0 Å². The number of nitrogens with one attached hydrogen (secondary N) is 2. The molecule has 2 heterocycles. The molecule has 26 heavy (non-hydrogen) atoms. The second-order valence-corrected chi connectivity index (χ2v) is 6.18. The molecule has 0 saturated heterocycles. The van der Waals surface area contributed by atoms with E-state index >= 15 is 0 Å². The number of thiophene rings is 1. The Morgan fingerprint density at radius 2 is 1.92 bits per heavy atom. The number of carbonyl (C=O) groups excluding carboxylic acids is 4. The normalized spacial score (nSPS) is 10.3. The Balaban J connectivity index is 2.03. The Bertz CT molecular complexity index is 883. The molecule has 4 N–H and O–H groups in total. The van der Waals surface area contributed by atoms with Gasteiger partial charge < -0.3 is 25.5 Å². The van der Waals surface area contributed by atoms with Gasteiger partial charge >= 0.3 is 11.9 Å². The molecule has 0 radical (unpaired) electrons. The van der Waals surface area contributed by atoms with Crippen LogP contribution in [0.2, 0.25) is 0 Å². The summed E-state index contributed by atoms with van der Waals surface area (Å²) in [5.74, 6) is -2.68. The molecular formula is C16H17N3O6S. The van der Waals surface area contributed by atoms with Crippen molar-refractivity contribution in [3.05, 3.63) is 39.5 Å². The Kier molecular flexibility index (Phi) is 5.78. The van der Waals surface area contributed by atoms with E-state index in [1.54, 1.807) is 19.2 Å². The molecule has 0 aliphatic carbocycles. The highest BCUT2D eigenvalue weighted by molar-refractivity contribution is 7.14. The lowest BCUT2D eigenvalue weighted by Gasteiger charge is -2.06. The van der Waals surface area contributed by atoms with E-state index in [1.165, 1.54) is 13.2 Å². The van der Waals surface area contributed by atoms with Crippen molar-refractivity contribution < 1.29 is 28.7 Å². The van der Waals surface area contributed by atoms with Crippen molar-refractivity contribution in [3.63, 3.8) is 0 Å². The van der Waals surface area contributed by atoms with Crippen LogP contribution in [-0.4, -0.2) is 42.5 Å². The molecule has 0 bridgehead atoms. The zero-order valence-corrected chi connectivity index (χ0v) is 15.1. The van der Waals surface area contributed by atoms with E-state index in [0.717, 1.165) is 11.3 Å². The summed E-state index contributed by atoms with van der Waals surface area (Å²) in [6, 6.07) is 1.48. The monoisotopic (exact) mass is 379 g/mol. The maximum Gasteiger partial charge on any atom is 0.355 e. The first-order valence-corrected chi connectivity index (χ1v) is 8.26. The highest BCUT2D eigenvalue weighted by Gasteiger charge is 2.24. The molecule has 0 spiro atoms. The summed E-state index contributed by atoms with van der Waals surface area (Å²) in [7, 11) is 1.24. The highest BCUT2D eigenvalue weighted by atomic mass is 32.1. The van der Waals surface area contributed by atoms with Crippen molar-refractivity contribution in [2.24, 2.45) is 5.73 Å². The summed E-state index contributed by atoms with van der Waals surface area (Å²) in [4.78, 5) is 49.8. The number of primary amides is 1. The smallest absolute Gasteiger partial charge is 0.355 e. The zero-order valence-electron chi connectivity index (χ0n) is 14.3. The van der Waals surface area contributed by atoms with Crippen molar-refractivity contribution in [2.45, 2.75) is 13.8 Å². The summed E-state index contributed by atoms with van der Waals surface area (Å²) in [5.41, 5.74) is 6.49. The molecule has 0 aliphatic rings. The number of amides is 2. The molecular weight excluding hydrogens is 362 g/mol. The van der Waals surface area contributed by atoms with E-state index in [1.807, 2.05) is 0 Å². The van der Waals surface area contributed by atoms with Gasteiger partial charge in [-0.15, -0.1) is 11.3 Å². The van der Waals surface area contributed by atoms with Gasteiger partial charge in [-0.1, -0.05) is 0 Å². The molecule has 138 valence electrons. The van der Waals surface area contributed by atoms with Gasteiger partial charge in [-0.25, -0.2) is 9.59 Å². The molecule has 0 unspecified atom stereocenters. The summed E-state index contributed by atoms with van der Waals surface area (Å²) in [6.07, 6.45) is 0. The number of hydrogen-bond acceptors (Lipinski definition) is 7. The van der Waals surface area contributed by atoms with E-state index in [4.69, 9.17) is 10.5 Å². The topological polar surface area (TPSA) is 141 Å². The van der Waals surface area contributed by atoms with Crippen LogP contribution in [0.5, 0.6) is 0 Å². The lowest BCUT2D eigenvalue weighted by molar-refractivity contribution is -0.119. The molecule has 10 heteroatoms. The van der Waals surface area contributed by atoms with Crippen LogP contribution in [0.25, 0.3) is 0 Å². The van der Waals surface area contributed by atoms with E-state index in [-0.39, 0.29) is 21.8 Å². The molecule has 9 nitrogen and oxygen atoms in total. The van der Waals surface area contributed by atoms with Crippen LogP contribution in [-0.2, 0) is 14.3 Å². The van der Waals surface area contributed by atoms with Gasteiger partial charge in [0.15, 0.2) is 6.61 Å². The Hall–Kier alpha value is -3.14. The Morgan fingerprint density at radius 1 is 1.23 bits per heavy atom. The first kappa shape index (κ1) is 19.2. The van der Waals surface area contributed by atoms with Crippen LogP contribution in [0.4, 0.5) is 5.00 Å². The second kappa shape index (κ2) is 7.83. The minimum absolute atomic E-state index is 0.0599. The third kappa shape index (κ3) is 3.91. The van der Waals surface area contributed by atoms with Crippen LogP contribution in [0.15, 0.2) is 11.4 Å². The number of carbonyl (C=O) groups is 4. The van der Waals surface area contributed by atoms with Crippen LogP contribution in [0.1, 0.15) is 42.5 Å². The first-order chi connectivity index (χ1) is 12.3. The number of hydrogen-bond donors (Lipinski definition) is 3. The fourth-order valence-electron chi connectivity index (χ4n) is 2.33. The Labute approximate surface area is 152 Å². The molecule has 0 aromatic carbocycles. The number of ether oxygens (including phenoxy) is 2. The van der Waals surface area contributed by atoms with Crippen LogP contribution < -0.4 is 11.1 Å². The Morgan fingerprint density at radius 3 is 2.54 bits per heavy atom. The number of methoxy groups -OCH3 is 1. The maximum absolute atomic E-state index is 12.2. The SMILES string of the molecule is COC(=O)c1c(C)[nH]c(C(=O)OCC(=O)Nc2sccc2C(N)=O)c1C. The number of anilines is 1. The van der Waals surface area contributed by atoms with Gasteiger partial charge in [0.25, 0.3) is 11.8 Å². The first-order valence-electron chi connectivity index (χ1n) is 7.38. The van der Waals surface area contributed by atoms with E-state index in [9.17, 15) is 19.2 Å². The second-order valence-electron chi connectivity index (χ2n) is 5.27. The van der Waals surface area contributed by atoms with Crippen LogP contribution in [0, 0.1) is 13.8 Å². The summed E-state index contributed by atoms with van der Waals surface area (Å²) in [6.45, 7) is 2.61. The largest absolute Gasteiger partial charge is 0.465 e. The van der Waals surface area contributed by atoms with Crippen molar-refractivity contribution in [2.75, 3.05) is 19.0 Å². The van der Waals surface area contributed by atoms with Crippen molar-refractivity contribution >= 4 is 40.1 Å². The van der Waals surface area contributed by atoms with E-state index in [2.05, 4.69) is 15.0 Å². The fourth-order valence-corrected chi connectivity index (χ4v) is 3.14. The van der Waals surface area contributed by atoms with E-state index in [0.29, 0.717) is 11.3 Å². The average molecular weight is 379 g/mol. The van der Waals surface area contributed by atoms with Gasteiger partial charge in [-0.2, -0.15) is 0 Å². The molecule has 2 amide bonds. The van der Waals surface area contributed by atoms with Crippen LogP contribution in [0.3, 0.4) is 0 Å². The van der Waals surface area contributed by atoms with Crippen LogP contribution >= 0.6 is 11.3 Å². The van der Waals surface area contributed by atoms with Crippen molar-refractivity contribution in [1.82, 2.24) is 4.98 Å². The molecule has 2 aromatic heterocycles. The molecule has 2 rings (SSSR count). The number of esters is 2. The zero-order chi connectivity index (χ0) is 19.4. The predicted octanol–water partition coefficient (Wildman–Crippen LogP) is 1.37. The van der Waals surface area contributed by atoms with Crippen molar-refractivity contribution in [3.8, 4) is 0 Å². The molecule has 0 aliphatic heterocycles. The van der Waals surface area contributed by atoms with Gasteiger partial charge in [0, 0.05) is 5.69 Å². The average Bonchev–Trinajstić information content (AvgIpc) is 3.16. The lowest BCUT2D eigenvalue weighted by atomic mass is 10.1. The lowest BCUT2D eigenvalue weighted by Crippen LogP contribution is -2.22. The molecule has 0 saturated carbocycles. The highest BCUT2D eigenvalue weighted by Crippen LogP contribution is 2.23. The molecule has 0 fully saturated rings. The predicted molar refractivity (Wildman–Crippen MR) is 93.4 cm³/mol. The third-order valence-electron chi connectivity index (χ3n) is 3.55. The molecule has 2 aromatic rings. The number of aromatic nitrogens is 1. The number of H-pyrrole nitrogens is 1. The number of rotatable bonds is 6. The maximum atomic E-state index is 12.2. The standard InChI is InChI=1S/C16H17N3O6S/c1-7-11(15(22)24-3)8(2)18-12(7)16(23)25-6-10(20)19-14-9(13(17)21)4-5-26-14/h4-5,18H,6H2,1-3H3,(H2,17,21)(H,19,20). The number of aromatic amines is 1. The third-order valence-corrected chi connectivity index (χ3v) is 4.38. The minimum atomic E-state index is -0.794. The molecule has 0 atom stereocenters. The number of nitrogens with two attached hydrogens (primary N) is 1. The number of aryl methyl sites for hydroxylation is 1. The summed E-state index contributed by atoms with van der Waals surface area (Å²) < 4.78 is 9.62. The minimum Gasteiger partial charge on any atom is -0.465 e. The van der Waals surface area contributed by atoms with Gasteiger partial charge in [-0.05, 0) is 30.9 Å². The van der Waals surface area contributed by atoms with E-state index < -0.39 is 30.4 Å². The summed E-state index contributed by atoms with van der Waals surface area (Å²) in [5, 5.41) is 4.33.